The van der Waals surface area contributed by atoms with E-state index in [0.29, 0.717) is 5.56 Å². The molecule has 0 heterocycles. The van der Waals surface area contributed by atoms with Crippen molar-refractivity contribution in [2.75, 3.05) is 6.61 Å². The molecule has 0 bridgehead atoms. The van der Waals surface area contributed by atoms with Gasteiger partial charge in [0.15, 0.2) is 12.4 Å². The van der Waals surface area contributed by atoms with Crippen molar-refractivity contribution in [3.8, 4) is 5.75 Å². The Morgan fingerprint density at radius 3 is 2.50 bits per heavy atom. The number of primary amides is 1. The predicted octanol–water partition coefficient (Wildman–Crippen LogP) is 2.83. The summed E-state index contributed by atoms with van der Waals surface area (Å²) in [5.41, 5.74) is 7.87. The molecular formula is C19H18N2O5. The van der Waals surface area contributed by atoms with Gasteiger partial charge < -0.3 is 10.5 Å². The van der Waals surface area contributed by atoms with E-state index >= 15 is 0 Å². The number of fused-ring (bicyclic) bond motifs is 1. The quantitative estimate of drug-likeness (QED) is 0.487. The lowest BCUT2D eigenvalue weighted by Crippen LogP contribution is -2.17. The highest BCUT2D eigenvalue weighted by atomic mass is 16.6. The Kier molecular flexibility index (Phi) is 4.97. The molecule has 2 aromatic rings. The number of nitrogens with two attached hydrogens (primary N) is 1. The number of hydrogen-bond donors (Lipinski definition) is 1. The number of nitrogens with zero attached hydrogens (tertiary/aromatic N) is 1. The molecule has 26 heavy (non-hydrogen) atoms. The maximum absolute atomic E-state index is 12.4. The van der Waals surface area contributed by atoms with Crippen LogP contribution in [0.2, 0.25) is 0 Å². The number of amides is 1. The lowest BCUT2D eigenvalue weighted by Gasteiger charge is -2.16. The molecule has 0 fully saturated rings. The zero-order valence-electron chi connectivity index (χ0n) is 14.1. The van der Waals surface area contributed by atoms with Gasteiger partial charge >= 0.3 is 0 Å². The first kappa shape index (κ1) is 17.6. The van der Waals surface area contributed by atoms with E-state index in [4.69, 9.17) is 10.5 Å². The number of ether oxygens (including phenoxy) is 1. The maximum atomic E-state index is 12.4. The average Bonchev–Trinajstić information content (AvgIpc) is 2.65. The largest absolute Gasteiger partial charge is 0.485 e. The summed E-state index contributed by atoms with van der Waals surface area (Å²) >= 11 is 0. The Balaban J connectivity index is 1.75. The second-order valence-electron chi connectivity index (χ2n) is 6.20. The van der Waals surface area contributed by atoms with Crippen LogP contribution < -0.4 is 10.5 Å². The number of aryl methyl sites for hydroxylation is 2. The Bertz CT molecular complexity index is 891. The van der Waals surface area contributed by atoms with Gasteiger partial charge in [-0.25, -0.2) is 0 Å². The second kappa shape index (κ2) is 7.35. The monoisotopic (exact) mass is 354 g/mol. The van der Waals surface area contributed by atoms with Gasteiger partial charge in [-0.1, -0.05) is 12.1 Å². The molecule has 0 unspecified atom stereocenters. The van der Waals surface area contributed by atoms with Gasteiger partial charge in [0, 0.05) is 17.7 Å². The summed E-state index contributed by atoms with van der Waals surface area (Å²) in [6.45, 7) is -0.281. The van der Waals surface area contributed by atoms with E-state index in [1.165, 1.54) is 29.7 Å². The number of non-ortho nitro benzene ring substituents is 1. The minimum Gasteiger partial charge on any atom is -0.485 e. The first-order chi connectivity index (χ1) is 12.5. The summed E-state index contributed by atoms with van der Waals surface area (Å²) < 4.78 is 5.42. The molecule has 1 amide bonds. The van der Waals surface area contributed by atoms with Crippen LogP contribution in [0.5, 0.6) is 5.75 Å². The van der Waals surface area contributed by atoms with Crippen LogP contribution in [0.25, 0.3) is 0 Å². The van der Waals surface area contributed by atoms with Crippen molar-refractivity contribution < 1.29 is 19.2 Å². The zero-order valence-corrected chi connectivity index (χ0v) is 14.1. The van der Waals surface area contributed by atoms with E-state index in [1.54, 1.807) is 6.07 Å². The summed E-state index contributed by atoms with van der Waals surface area (Å²) in [5.74, 6) is -1.04. The van der Waals surface area contributed by atoms with E-state index < -0.39 is 10.8 Å². The molecule has 2 aromatic carbocycles. The molecule has 0 saturated heterocycles. The van der Waals surface area contributed by atoms with E-state index in [9.17, 15) is 19.7 Å². The smallest absolute Gasteiger partial charge is 0.270 e. The van der Waals surface area contributed by atoms with E-state index in [0.717, 1.165) is 25.3 Å². The average molecular weight is 354 g/mol. The van der Waals surface area contributed by atoms with Crippen molar-refractivity contribution in [2.24, 2.45) is 5.73 Å². The molecule has 0 aromatic heterocycles. The summed E-state index contributed by atoms with van der Waals surface area (Å²) in [4.78, 5) is 34.1. The van der Waals surface area contributed by atoms with E-state index in [-0.39, 0.29) is 29.4 Å². The number of carbonyl (C=O) groups is 2. The lowest BCUT2D eigenvalue weighted by molar-refractivity contribution is -0.384. The lowest BCUT2D eigenvalue weighted by atomic mass is 9.90. The van der Waals surface area contributed by atoms with Crippen molar-refractivity contribution in [2.45, 2.75) is 25.7 Å². The van der Waals surface area contributed by atoms with Crippen LogP contribution in [-0.2, 0) is 12.8 Å². The SMILES string of the molecule is NC(=O)c1cc([N+](=O)[O-])ccc1OCC(=O)c1ccc2c(c1)CCCC2. The highest BCUT2D eigenvalue weighted by Crippen LogP contribution is 2.25. The van der Waals surface area contributed by atoms with Crippen LogP contribution in [0.4, 0.5) is 5.69 Å². The molecule has 0 saturated carbocycles. The van der Waals surface area contributed by atoms with E-state index in [1.807, 2.05) is 12.1 Å². The Labute approximate surface area is 149 Å². The highest BCUT2D eigenvalue weighted by Gasteiger charge is 2.18. The molecule has 7 heteroatoms. The first-order valence-corrected chi connectivity index (χ1v) is 8.32. The van der Waals surface area contributed by atoms with Crippen LogP contribution in [-0.4, -0.2) is 23.2 Å². The molecule has 0 atom stereocenters. The molecular weight excluding hydrogens is 336 g/mol. The number of rotatable bonds is 6. The number of ketones is 1. The van der Waals surface area contributed by atoms with Crippen LogP contribution in [0.15, 0.2) is 36.4 Å². The molecule has 0 aliphatic heterocycles. The summed E-state index contributed by atoms with van der Waals surface area (Å²) in [6, 6.07) is 9.17. The minimum atomic E-state index is -0.857. The Morgan fingerprint density at radius 1 is 1.08 bits per heavy atom. The van der Waals surface area contributed by atoms with Gasteiger partial charge in [-0.2, -0.15) is 0 Å². The molecule has 0 spiro atoms. The Hall–Kier alpha value is -3.22. The van der Waals surface area contributed by atoms with Crippen LogP contribution >= 0.6 is 0 Å². The number of nitro groups is 1. The van der Waals surface area contributed by atoms with Crippen LogP contribution in [0.3, 0.4) is 0 Å². The van der Waals surface area contributed by atoms with E-state index in [2.05, 4.69) is 0 Å². The first-order valence-electron chi connectivity index (χ1n) is 8.32. The number of nitro benzene ring substituents is 1. The third-order valence-corrected chi connectivity index (χ3v) is 4.47. The van der Waals surface area contributed by atoms with Crippen LogP contribution in [0, 0.1) is 10.1 Å². The number of hydrogen-bond acceptors (Lipinski definition) is 5. The van der Waals surface area contributed by atoms with Crippen molar-refractivity contribution >= 4 is 17.4 Å². The summed E-state index contributed by atoms with van der Waals surface area (Å²) in [7, 11) is 0. The number of carbonyl (C=O) groups excluding carboxylic acids is 2. The predicted molar refractivity (Wildman–Crippen MR) is 94.5 cm³/mol. The number of Topliss-reactive ketones (excluding diaryl/α,β-unsaturated/α-hetero) is 1. The molecule has 0 radical (unpaired) electrons. The zero-order chi connectivity index (χ0) is 18.7. The van der Waals surface area contributed by atoms with Gasteiger partial charge in [-0.3, -0.25) is 19.7 Å². The minimum absolute atomic E-state index is 0.0504. The fourth-order valence-corrected chi connectivity index (χ4v) is 3.08. The number of benzene rings is 2. The molecule has 134 valence electrons. The summed E-state index contributed by atoms with van der Waals surface area (Å²) in [6.07, 6.45) is 4.28. The van der Waals surface area contributed by atoms with Crippen molar-refractivity contribution in [1.29, 1.82) is 0 Å². The van der Waals surface area contributed by atoms with Crippen molar-refractivity contribution in [3.05, 3.63) is 68.8 Å². The van der Waals surface area contributed by atoms with Gasteiger partial charge in [0.05, 0.1) is 10.5 Å². The van der Waals surface area contributed by atoms with Gasteiger partial charge in [0.25, 0.3) is 11.6 Å². The maximum Gasteiger partial charge on any atom is 0.270 e. The van der Waals surface area contributed by atoms with Gasteiger partial charge in [-0.15, -0.1) is 0 Å². The fraction of sp³-hybridized carbons (Fsp3) is 0.263. The fourth-order valence-electron chi connectivity index (χ4n) is 3.08. The van der Waals surface area contributed by atoms with Gasteiger partial charge in [-0.05, 0) is 48.9 Å². The van der Waals surface area contributed by atoms with Gasteiger partial charge in [0.1, 0.15) is 5.75 Å². The third kappa shape index (κ3) is 3.72. The normalized spacial score (nSPS) is 12.9. The summed E-state index contributed by atoms with van der Waals surface area (Å²) in [5, 5.41) is 10.8. The van der Waals surface area contributed by atoms with Gasteiger partial charge in [0.2, 0.25) is 0 Å². The molecule has 1 aliphatic rings. The van der Waals surface area contributed by atoms with Crippen molar-refractivity contribution in [3.63, 3.8) is 0 Å². The van der Waals surface area contributed by atoms with Crippen molar-refractivity contribution in [1.82, 2.24) is 0 Å². The third-order valence-electron chi connectivity index (χ3n) is 4.47. The Morgan fingerprint density at radius 2 is 1.81 bits per heavy atom. The molecule has 1 aliphatic carbocycles. The molecule has 3 rings (SSSR count). The second-order valence-corrected chi connectivity index (χ2v) is 6.20. The highest BCUT2D eigenvalue weighted by molar-refractivity contribution is 5.98. The topological polar surface area (TPSA) is 113 Å². The molecule has 2 N–H and O–H groups in total. The molecule has 7 nitrogen and oxygen atoms in total. The van der Waals surface area contributed by atoms with Crippen LogP contribution in [0.1, 0.15) is 44.7 Å². The standard InChI is InChI=1S/C19H18N2O5/c20-19(23)16-10-15(21(24)25)7-8-18(16)26-11-17(22)14-6-5-12-3-1-2-4-13(12)9-14/h5-10H,1-4,11H2,(H2,20,23).